The lowest BCUT2D eigenvalue weighted by atomic mass is 10.0. The highest BCUT2D eigenvalue weighted by atomic mass is 32.1. The molecule has 0 fully saturated rings. The van der Waals surface area contributed by atoms with E-state index >= 15 is 0 Å². The fourth-order valence-corrected chi connectivity index (χ4v) is 2.92. The van der Waals surface area contributed by atoms with Crippen LogP contribution < -0.4 is 14.8 Å². The highest BCUT2D eigenvalue weighted by molar-refractivity contribution is 7.09. The Balaban J connectivity index is 1.99. The van der Waals surface area contributed by atoms with Crippen LogP contribution >= 0.6 is 11.3 Å². The van der Waals surface area contributed by atoms with Crippen LogP contribution in [0.1, 0.15) is 30.0 Å². The Morgan fingerprint density at radius 2 is 2.05 bits per heavy atom. The quantitative estimate of drug-likeness (QED) is 0.811. The first-order valence-electron chi connectivity index (χ1n) is 7.12. The van der Waals surface area contributed by atoms with E-state index < -0.39 is 0 Å². The van der Waals surface area contributed by atoms with Gasteiger partial charge in [0.15, 0.2) is 11.5 Å². The number of thiazole rings is 1. The van der Waals surface area contributed by atoms with E-state index in [-0.39, 0.29) is 0 Å². The minimum absolute atomic E-state index is 0.310. The summed E-state index contributed by atoms with van der Waals surface area (Å²) < 4.78 is 10.7. The van der Waals surface area contributed by atoms with E-state index in [0.29, 0.717) is 6.04 Å². The molecule has 114 valence electrons. The van der Waals surface area contributed by atoms with Crippen LogP contribution in [-0.2, 0) is 6.42 Å². The summed E-state index contributed by atoms with van der Waals surface area (Å²) in [6, 6.07) is 6.40. The van der Waals surface area contributed by atoms with E-state index in [0.717, 1.165) is 30.9 Å². The third kappa shape index (κ3) is 4.19. The molecule has 0 saturated heterocycles. The van der Waals surface area contributed by atoms with Gasteiger partial charge in [0.2, 0.25) is 0 Å². The number of methoxy groups -OCH3 is 2. The molecule has 2 rings (SSSR count). The van der Waals surface area contributed by atoms with E-state index in [1.165, 1.54) is 10.6 Å². The summed E-state index contributed by atoms with van der Waals surface area (Å²) in [6.45, 7) is 3.10. The van der Waals surface area contributed by atoms with E-state index in [1.54, 1.807) is 25.6 Å². The second kappa shape index (κ2) is 8.00. The standard InChI is InChI=1S/C16H22N2O2S/c1-4-13(17-8-7-16-18-9-10-21-16)12-5-6-14(19-2)15(11-12)20-3/h5-6,9-11,13,17H,4,7-8H2,1-3H3. The summed E-state index contributed by atoms with van der Waals surface area (Å²) in [4.78, 5) is 4.30. The van der Waals surface area contributed by atoms with Crippen LogP contribution in [0.15, 0.2) is 29.8 Å². The Bertz CT molecular complexity index is 543. The lowest BCUT2D eigenvalue weighted by molar-refractivity contribution is 0.353. The van der Waals surface area contributed by atoms with Crippen molar-refractivity contribution >= 4 is 11.3 Å². The normalized spacial score (nSPS) is 12.1. The summed E-state index contributed by atoms with van der Waals surface area (Å²) in [7, 11) is 3.32. The molecule has 1 aromatic carbocycles. The Kier molecular flexibility index (Phi) is 6.02. The van der Waals surface area contributed by atoms with Gasteiger partial charge in [-0.15, -0.1) is 11.3 Å². The summed E-state index contributed by atoms with van der Waals surface area (Å²) in [5.74, 6) is 1.54. The first-order chi connectivity index (χ1) is 10.3. The van der Waals surface area contributed by atoms with Crippen molar-refractivity contribution in [3.63, 3.8) is 0 Å². The smallest absolute Gasteiger partial charge is 0.161 e. The largest absolute Gasteiger partial charge is 0.493 e. The van der Waals surface area contributed by atoms with Gasteiger partial charge in [-0.2, -0.15) is 0 Å². The molecule has 1 atom stereocenters. The molecular formula is C16H22N2O2S. The van der Waals surface area contributed by atoms with Gasteiger partial charge in [0.05, 0.1) is 19.2 Å². The van der Waals surface area contributed by atoms with Gasteiger partial charge in [-0.25, -0.2) is 4.98 Å². The Morgan fingerprint density at radius 3 is 2.67 bits per heavy atom. The molecule has 4 nitrogen and oxygen atoms in total. The summed E-state index contributed by atoms with van der Waals surface area (Å²) in [5.41, 5.74) is 1.22. The fraction of sp³-hybridized carbons (Fsp3) is 0.438. The van der Waals surface area contributed by atoms with Gasteiger partial charge < -0.3 is 14.8 Å². The molecule has 21 heavy (non-hydrogen) atoms. The number of hydrogen-bond acceptors (Lipinski definition) is 5. The molecule has 1 unspecified atom stereocenters. The number of hydrogen-bond donors (Lipinski definition) is 1. The van der Waals surface area contributed by atoms with E-state index in [2.05, 4.69) is 23.3 Å². The van der Waals surface area contributed by atoms with Gasteiger partial charge in [-0.3, -0.25) is 0 Å². The molecule has 1 aromatic heterocycles. The molecule has 1 N–H and O–H groups in total. The van der Waals surface area contributed by atoms with E-state index in [4.69, 9.17) is 9.47 Å². The van der Waals surface area contributed by atoms with Gasteiger partial charge in [-0.1, -0.05) is 13.0 Å². The third-order valence-electron chi connectivity index (χ3n) is 3.43. The van der Waals surface area contributed by atoms with E-state index in [1.807, 2.05) is 23.7 Å². The predicted octanol–water partition coefficient (Wildman–Crippen LogP) is 3.44. The van der Waals surface area contributed by atoms with Crippen molar-refractivity contribution in [2.45, 2.75) is 25.8 Å². The highest BCUT2D eigenvalue weighted by Crippen LogP contribution is 2.30. The molecule has 0 aliphatic rings. The van der Waals surface area contributed by atoms with Crippen molar-refractivity contribution < 1.29 is 9.47 Å². The molecule has 0 radical (unpaired) electrons. The summed E-state index contributed by atoms with van der Waals surface area (Å²) in [6.07, 6.45) is 3.83. The fourth-order valence-electron chi connectivity index (χ4n) is 2.30. The van der Waals surface area contributed by atoms with Crippen LogP contribution in [0.4, 0.5) is 0 Å². The topological polar surface area (TPSA) is 43.4 Å². The summed E-state index contributed by atoms with van der Waals surface area (Å²) >= 11 is 1.70. The molecular weight excluding hydrogens is 284 g/mol. The predicted molar refractivity (Wildman–Crippen MR) is 86.4 cm³/mol. The van der Waals surface area contributed by atoms with Crippen LogP contribution in [-0.4, -0.2) is 25.7 Å². The van der Waals surface area contributed by atoms with Crippen molar-refractivity contribution in [3.05, 3.63) is 40.3 Å². The second-order valence-electron chi connectivity index (χ2n) is 4.71. The second-order valence-corrected chi connectivity index (χ2v) is 5.68. The molecule has 2 aromatic rings. The average Bonchev–Trinajstić information content (AvgIpc) is 3.04. The number of nitrogens with one attached hydrogen (secondary N) is 1. The lowest BCUT2D eigenvalue weighted by Gasteiger charge is -2.19. The van der Waals surface area contributed by atoms with Crippen molar-refractivity contribution in [1.29, 1.82) is 0 Å². The molecule has 0 amide bonds. The first-order valence-corrected chi connectivity index (χ1v) is 8.00. The molecule has 0 aliphatic heterocycles. The van der Waals surface area contributed by atoms with Crippen LogP contribution in [0.25, 0.3) is 0 Å². The first kappa shape index (κ1) is 15.8. The molecule has 5 heteroatoms. The minimum atomic E-state index is 0.310. The van der Waals surface area contributed by atoms with Crippen molar-refractivity contribution in [2.75, 3.05) is 20.8 Å². The van der Waals surface area contributed by atoms with Crippen LogP contribution in [0.3, 0.4) is 0 Å². The monoisotopic (exact) mass is 306 g/mol. The summed E-state index contributed by atoms with van der Waals surface area (Å²) in [5, 5.41) is 6.77. The van der Waals surface area contributed by atoms with Crippen LogP contribution in [0, 0.1) is 0 Å². The Hall–Kier alpha value is -1.59. The minimum Gasteiger partial charge on any atom is -0.493 e. The van der Waals surface area contributed by atoms with Crippen LogP contribution in [0.2, 0.25) is 0 Å². The SMILES string of the molecule is CCC(NCCc1nccs1)c1ccc(OC)c(OC)c1. The third-order valence-corrected chi connectivity index (χ3v) is 4.27. The lowest BCUT2D eigenvalue weighted by Crippen LogP contribution is -2.23. The maximum atomic E-state index is 5.37. The number of benzene rings is 1. The number of aromatic nitrogens is 1. The van der Waals surface area contributed by atoms with Gasteiger partial charge in [-0.05, 0) is 24.1 Å². The van der Waals surface area contributed by atoms with Crippen molar-refractivity contribution in [1.82, 2.24) is 10.3 Å². The Morgan fingerprint density at radius 1 is 1.24 bits per heavy atom. The Labute approximate surface area is 130 Å². The molecule has 0 saturated carbocycles. The highest BCUT2D eigenvalue weighted by Gasteiger charge is 2.12. The molecule has 1 heterocycles. The molecule has 0 bridgehead atoms. The van der Waals surface area contributed by atoms with Gasteiger partial charge >= 0.3 is 0 Å². The zero-order valence-electron chi connectivity index (χ0n) is 12.8. The average molecular weight is 306 g/mol. The van der Waals surface area contributed by atoms with Gasteiger partial charge in [0, 0.05) is 30.6 Å². The maximum Gasteiger partial charge on any atom is 0.161 e. The van der Waals surface area contributed by atoms with Crippen molar-refractivity contribution in [2.24, 2.45) is 0 Å². The maximum absolute atomic E-state index is 5.37. The van der Waals surface area contributed by atoms with Crippen LogP contribution in [0.5, 0.6) is 11.5 Å². The van der Waals surface area contributed by atoms with Gasteiger partial charge in [0.25, 0.3) is 0 Å². The zero-order valence-corrected chi connectivity index (χ0v) is 13.6. The number of nitrogens with zero attached hydrogens (tertiary/aromatic N) is 1. The number of ether oxygens (including phenoxy) is 2. The van der Waals surface area contributed by atoms with E-state index in [9.17, 15) is 0 Å². The molecule has 0 aliphatic carbocycles. The van der Waals surface area contributed by atoms with Crippen molar-refractivity contribution in [3.8, 4) is 11.5 Å². The molecule has 0 spiro atoms. The van der Waals surface area contributed by atoms with Gasteiger partial charge in [0.1, 0.15) is 0 Å². The number of rotatable bonds is 8. The zero-order chi connectivity index (χ0) is 15.1.